The smallest absolute Gasteiger partial charge is 0.0610 e. The second-order valence-electron chi connectivity index (χ2n) is 5.94. The van der Waals surface area contributed by atoms with E-state index in [0.717, 1.165) is 12.5 Å². The Hall–Kier alpha value is -1.18. The molecular formula is C15H22N2. The van der Waals surface area contributed by atoms with E-state index in [1.54, 1.807) is 0 Å². The molecule has 1 spiro atoms. The monoisotopic (exact) mass is 230 g/mol. The molecule has 2 N–H and O–H groups in total. The fraction of sp³-hybridized carbons (Fsp3) is 0.600. The van der Waals surface area contributed by atoms with E-state index in [1.807, 2.05) is 0 Å². The lowest BCUT2D eigenvalue weighted by Gasteiger charge is -2.45. The van der Waals surface area contributed by atoms with Crippen LogP contribution in [0.25, 0.3) is 0 Å². The zero-order chi connectivity index (χ0) is 11.9. The highest BCUT2D eigenvalue weighted by atomic mass is 15.1. The maximum atomic E-state index is 3.84. The maximum absolute atomic E-state index is 3.84. The van der Waals surface area contributed by atoms with Crippen molar-refractivity contribution in [3.8, 4) is 0 Å². The van der Waals surface area contributed by atoms with Crippen molar-refractivity contribution in [3.63, 3.8) is 0 Å². The molecule has 3 rings (SSSR count). The second-order valence-corrected chi connectivity index (χ2v) is 5.94. The van der Waals surface area contributed by atoms with Crippen LogP contribution in [0.15, 0.2) is 18.2 Å². The van der Waals surface area contributed by atoms with Gasteiger partial charge in [0.15, 0.2) is 0 Å². The Kier molecular flexibility index (Phi) is 2.53. The highest BCUT2D eigenvalue weighted by molar-refractivity contribution is 5.75. The van der Waals surface area contributed by atoms with Crippen LogP contribution >= 0.6 is 0 Å². The van der Waals surface area contributed by atoms with E-state index in [-0.39, 0.29) is 0 Å². The summed E-state index contributed by atoms with van der Waals surface area (Å²) in [5.41, 5.74) is 4.27. The summed E-state index contributed by atoms with van der Waals surface area (Å²) in [6.45, 7) is 5.65. The van der Waals surface area contributed by atoms with Crippen LogP contribution in [0.1, 0.15) is 38.2 Å². The molecule has 0 atom stereocenters. The highest BCUT2D eigenvalue weighted by Gasteiger charge is 2.37. The minimum Gasteiger partial charge on any atom is -0.381 e. The fourth-order valence-corrected chi connectivity index (χ4v) is 3.17. The summed E-state index contributed by atoms with van der Waals surface area (Å²) in [4.78, 5) is 0. The summed E-state index contributed by atoms with van der Waals surface area (Å²) in [7, 11) is 0. The Morgan fingerprint density at radius 1 is 1.24 bits per heavy atom. The maximum Gasteiger partial charge on any atom is 0.0610 e. The van der Waals surface area contributed by atoms with Gasteiger partial charge >= 0.3 is 0 Å². The molecule has 1 aliphatic heterocycles. The van der Waals surface area contributed by atoms with Gasteiger partial charge in [0, 0.05) is 6.54 Å². The average molecular weight is 230 g/mol. The van der Waals surface area contributed by atoms with E-state index in [9.17, 15) is 0 Å². The molecule has 0 amide bonds. The van der Waals surface area contributed by atoms with Gasteiger partial charge in [0.1, 0.15) is 0 Å². The first-order valence-electron chi connectivity index (χ1n) is 6.80. The number of benzene rings is 1. The van der Waals surface area contributed by atoms with E-state index in [4.69, 9.17) is 0 Å². The van der Waals surface area contributed by atoms with Crippen LogP contribution < -0.4 is 10.6 Å². The van der Waals surface area contributed by atoms with Crippen LogP contribution in [-0.2, 0) is 0 Å². The molecule has 0 unspecified atom stereocenters. The van der Waals surface area contributed by atoms with E-state index in [2.05, 4.69) is 42.7 Å². The van der Waals surface area contributed by atoms with Gasteiger partial charge in [-0.05, 0) is 50.2 Å². The average Bonchev–Trinajstić information content (AvgIpc) is 2.35. The molecule has 92 valence electrons. The number of hydrogen-bond acceptors (Lipinski definition) is 2. The predicted molar refractivity (Wildman–Crippen MR) is 73.7 cm³/mol. The fourth-order valence-electron chi connectivity index (χ4n) is 3.17. The van der Waals surface area contributed by atoms with E-state index in [0.29, 0.717) is 5.54 Å². The van der Waals surface area contributed by atoms with Crippen molar-refractivity contribution in [2.24, 2.45) is 5.92 Å². The molecule has 2 nitrogen and oxygen atoms in total. The Morgan fingerprint density at radius 3 is 2.76 bits per heavy atom. The molecule has 2 heteroatoms. The molecule has 1 saturated carbocycles. The molecule has 1 aromatic carbocycles. The van der Waals surface area contributed by atoms with Gasteiger partial charge in [-0.15, -0.1) is 0 Å². The summed E-state index contributed by atoms with van der Waals surface area (Å²) in [6.07, 6.45) is 5.32. The van der Waals surface area contributed by atoms with Crippen LogP contribution in [-0.4, -0.2) is 12.1 Å². The summed E-state index contributed by atoms with van der Waals surface area (Å²) in [6, 6.07) is 6.50. The molecule has 1 aliphatic carbocycles. The molecule has 1 fully saturated rings. The number of aryl methyl sites for hydroxylation is 1. The Balaban J connectivity index is 1.87. The molecule has 17 heavy (non-hydrogen) atoms. The normalized spacial score (nSPS) is 31.5. The molecule has 1 heterocycles. The van der Waals surface area contributed by atoms with Crippen molar-refractivity contribution in [1.82, 2.24) is 0 Å². The van der Waals surface area contributed by atoms with E-state index in [1.165, 1.54) is 42.6 Å². The van der Waals surface area contributed by atoms with Crippen molar-refractivity contribution < 1.29 is 0 Å². The van der Waals surface area contributed by atoms with Crippen LogP contribution in [0, 0.1) is 12.8 Å². The number of fused-ring (bicyclic) bond motifs is 1. The SMILES string of the molecule is Cc1cccc2c1NC1(CCC(C)CC1)CN2. The zero-order valence-corrected chi connectivity index (χ0v) is 10.8. The van der Waals surface area contributed by atoms with Crippen molar-refractivity contribution in [2.45, 2.75) is 45.1 Å². The van der Waals surface area contributed by atoms with Crippen LogP contribution in [0.5, 0.6) is 0 Å². The first-order valence-corrected chi connectivity index (χ1v) is 6.80. The van der Waals surface area contributed by atoms with Gasteiger partial charge in [0.2, 0.25) is 0 Å². The molecule has 2 aliphatic rings. The van der Waals surface area contributed by atoms with Gasteiger partial charge in [0.25, 0.3) is 0 Å². The van der Waals surface area contributed by atoms with Gasteiger partial charge < -0.3 is 10.6 Å². The number of anilines is 2. The first kappa shape index (κ1) is 10.9. The Bertz CT molecular complexity index is 417. The number of rotatable bonds is 0. The number of para-hydroxylation sites is 1. The van der Waals surface area contributed by atoms with Gasteiger partial charge in [0.05, 0.1) is 16.9 Å². The number of nitrogens with one attached hydrogen (secondary N) is 2. The Morgan fingerprint density at radius 2 is 2.00 bits per heavy atom. The van der Waals surface area contributed by atoms with Gasteiger partial charge in [-0.25, -0.2) is 0 Å². The van der Waals surface area contributed by atoms with E-state index >= 15 is 0 Å². The van der Waals surface area contributed by atoms with Gasteiger partial charge in [-0.3, -0.25) is 0 Å². The number of hydrogen-bond donors (Lipinski definition) is 2. The molecule has 1 aromatic rings. The minimum absolute atomic E-state index is 0.311. The van der Waals surface area contributed by atoms with Crippen molar-refractivity contribution in [1.29, 1.82) is 0 Å². The second kappa shape index (κ2) is 3.94. The molecular weight excluding hydrogens is 208 g/mol. The topological polar surface area (TPSA) is 24.1 Å². The standard InChI is InChI=1S/C15H22N2/c1-11-6-8-15(9-7-11)10-16-13-5-3-4-12(2)14(13)17-15/h3-5,11,16-17H,6-10H2,1-2H3. The minimum atomic E-state index is 0.311. The summed E-state index contributed by atoms with van der Waals surface area (Å²) in [5, 5.41) is 7.45. The van der Waals surface area contributed by atoms with Crippen LogP contribution in [0.4, 0.5) is 11.4 Å². The molecule has 0 bridgehead atoms. The molecule has 0 radical (unpaired) electrons. The predicted octanol–water partition coefficient (Wildman–Crippen LogP) is 3.78. The summed E-state index contributed by atoms with van der Waals surface area (Å²) in [5.74, 6) is 0.903. The van der Waals surface area contributed by atoms with Crippen molar-refractivity contribution >= 4 is 11.4 Å². The Labute approximate surface area is 104 Å². The molecule has 0 aromatic heterocycles. The van der Waals surface area contributed by atoms with Crippen molar-refractivity contribution in [2.75, 3.05) is 17.2 Å². The van der Waals surface area contributed by atoms with E-state index < -0.39 is 0 Å². The van der Waals surface area contributed by atoms with Crippen LogP contribution in [0.2, 0.25) is 0 Å². The highest BCUT2D eigenvalue weighted by Crippen LogP contribution is 2.40. The quantitative estimate of drug-likeness (QED) is 0.708. The first-order chi connectivity index (χ1) is 8.19. The zero-order valence-electron chi connectivity index (χ0n) is 10.8. The van der Waals surface area contributed by atoms with Crippen molar-refractivity contribution in [3.05, 3.63) is 23.8 Å². The molecule has 0 saturated heterocycles. The summed E-state index contributed by atoms with van der Waals surface area (Å²) >= 11 is 0. The lowest BCUT2D eigenvalue weighted by atomic mass is 9.76. The lowest BCUT2D eigenvalue weighted by Crippen LogP contribution is -2.50. The third-order valence-corrected chi connectivity index (χ3v) is 4.51. The lowest BCUT2D eigenvalue weighted by molar-refractivity contribution is 0.274. The largest absolute Gasteiger partial charge is 0.381 e. The third-order valence-electron chi connectivity index (χ3n) is 4.51. The summed E-state index contributed by atoms with van der Waals surface area (Å²) < 4.78 is 0. The van der Waals surface area contributed by atoms with Crippen LogP contribution in [0.3, 0.4) is 0 Å². The van der Waals surface area contributed by atoms with Gasteiger partial charge in [-0.1, -0.05) is 19.1 Å². The van der Waals surface area contributed by atoms with Gasteiger partial charge in [-0.2, -0.15) is 0 Å². The third kappa shape index (κ3) is 1.90.